The van der Waals surface area contributed by atoms with Gasteiger partial charge in [0.2, 0.25) is 5.95 Å². The molecule has 0 bridgehead atoms. The maximum absolute atomic E-state index is 12.5. The number of aryl methyl sites for hydroxylation is 2. The first-order valence-electron chi connectivity index (χ1n) is 10.5. The van der Waals surface area contributed by atoms with Crippen LogP contribution in [0, 0.1) is 6.92 Å². The molecule has 33 heavy (non-hydrogen) atoms. The van der Waals surface area contributed by atoms with Crippen LogP contribution < -0.4 is 5.32 Å². The van der Waals surface area contributed by atoms with E-state index in [2.05, 4.69) is 20.4 Å². The largest absolute Gasteiger partial charge is 0.375 e. The topological polar surface area (TPSA) is 109 Å². The van der Waals surface area contributed by atoms with E-state index in [4.69, 9.17) is 4.98 Å². The predicted octanol–water partition coefficient (Wildman–Crippen LogP) is 3.10. The second-order valence-electron chi connectivity index (χ2n) is 8.15. The molecule has 1 atom stereocenters. The van der Waals surface area contributed by atoms with E-state index in [-0.39, 0.29) is 5.91 Å². The van der Waals surface area contributed by atoms with Gasteiger partial charge in [-0.1, -0.05) is 18.2 Å². The average Bonchev–Trinajstić information content (AvgIpc) is 3.50. The summed E-state index contributed by atoms with van der Waals surface area (Å²) in [4.78, 5) is 27.7. The molecule has 1 saturated heterocycles. The van der Waals surface area contributed by atoms with Gasteiger partial charge in [0.1, 0.15) is 10.7 Å². The number of hydrogen-bond acceptors (Lipinski definition) is 8. The molecule has 1 unspecified atom stereocenters. The number of benzene rings is 1. The minimum Gasteiger partial charge on any atom is -0.375 e. The van der Waals surface area contributed by atoms with Crippen molar-refractivity contribution in [3.63, 3.8) is 0 Å². The van der Waals surface area contributed by atoms with Crippen LogP contribution in [0.2, 0.25) is 0 Å². The number of anilines is 2. The minimum atomic E-state index is -1.48. The molecular formula is C23H23N7O2S. The lowest BCUT2D eigenvalue weighted by Gasteiger charge is -2.21. The lowest BCUT2D eigenvalue weighted by atomic mass is 9.91. The van der Waals surface area contributed by atoms with Crippen LogP contribution in [-0.4, -0.2) is 54.2 Å². The van der Waals surface area contributed by atoms with Crippen molar-refractivity contribution in [2.45, 2.75) is 18.9 Å². The van der Waals surface area contributed by atoms with Crippen LogP contribution in [0.1, 0.15) is 17.7 Å². The van der Waals surface area contributed by atoms with E-state index in [1.807, 2.05) is 49.8 Å². The quantitative estimate of drug-likeness (QED) is 0.470. The normalized spacial score (nSPS) is 18.2. The Hall–Kier alpha value is -3.63. The van der Waals surface area contributed by atoms with Crippen molar-refractivity contribution in [3.05, 3.63) is 59.4 Å². The first-order chi connectivity index (χ1) is 15.8. The number of aromatic nitrogens is 5. The second-order valence-corrected chi connectivity index (χ2v) is 9.01. The number of thiazole rings is 1. The number of carbonyl (C=O) groups is 1. The third-order valence-electron chi connectivity index (χ3n) is 5.78. The van der Waals surface area contributed by atoms with Crippen LogP contribution >= 0.6 is 11.3 Å². The fourth-order valence-electron chi connectivity index (χ4n) is 3.96. The summed E-state index contributed by atoms with van der Waals surface area (Å²) in [6, 6.07) is 9.22. The number of carbonyl (C=O) groups excluding carboxylic acids is 1. The molecule has 1 amide bonds. The molecule has 0 saturated carbocycles. The van der Waals surface area contributed by atoms with Gasteiger partial charge in [-0.05, 0) is 24.6 Å². The molecule has 0 spiro atoms. The van der Waals surface area contributed by atoms with Gasteiger partial charge in [0.15, 0.2) is 5.60 Å². The summed E-state index contributed by atoms with van der Waals surface area (Å²) in [5.74, 6) is 0.190. The number of likely N-dealkylation sites (tertiary alicyclic amines) is 1. The first-order valence-corrected chi connectivity index (χ1v) is 11.4. The SMILES string of the molecule is Cc1nn(C)cc1Nc1nccc(-c2csc(-c3cccc(C4(O)CCN(C)C4=O)c3)n2)n1. The number of amides is 1. The Morgan fingerprint density at radius 1 is 1.18 bits per heavy atom. The van der Waals surface area contributed by atoms with Gasteiger partial charge < -0.3 is 15.3 Å². The molecule has 4 aromatic rings. The molecule has 4 heterocycles. The fraction of sp³-hybridized carbons (Fsp3) is 0.261. The van der Waals surface area contributed by atoms with Crippen LogP contribution in [0.3, 0.4) is 0 Å². The molecule has 10 heteroatoms. The lowest BCUT2D eigenvalue weighted by Crippen LogP contribution is -2.36. The number of nitrogens with one attached hydrogen (secondary N) is 1. The van der Waals surface area contributed by atoms with Crippen molar-refractivity contribution in [1.82, 2.24) is 29.6 Å². The number of hydrogen-bond donors (Lipinski definition) is 2. The Morgan fingerprint density at radius 2 is 2.03 bits per heavy atom. The molecule has 2 N–H and O–H groups in total. The van der Waals surface area contributed by atoms with E-state index in [1.54, 1.807) is 28.9 Å². The van der Waals surface area contributed by atoms with Gasteiger partial charge in [0, 0.05) is 50.4 Å². The van der Waals surface area contributed by atoms with E-state index in [0.29, 0.717) is 30.2 Å². The maximum Gasteiger partial charge on any atom is 0.258 e. The number of likely N-dealkylation sites (N-methyl/N-ethyl adjacent to an activating group) is 1. The molecule has 168 valence electrons. The highest BCUT2D eigenvalue weighted by Gasteiger charge is 2.45. The van der Waals surface area contributed by atoms with Crippen molar-refractivity contribution in [1.29, 1.82) is 0 Å². The highest BCUT2D eigenvalue weighted by Crippen LogP contribution is 2.36. The van der Waals surface area contributed by atoms with E-state index in [9.17, 15) is 9.90 Å². The molecule has 1 fully saturated rings. The van der Waals surface area contributed by atoms with Gasteiger partial charge in [0.25, 0.3) is 5.91 Å². The van der Waals surface area contributed by atoms with Crippen LogP contribution in [0.4, 0.5) is 11.6 Å². The average molecular weight is 462 g/mol. The number of aliphatic hydroxyl groups is 1. The van der Waals surface area contributed by atoms with Gasteiger partial charge in [0.05, 0.1) is 17.1 Å². The van der Waals surface area contributed by atoms with E-state index >= 15 is 0 Å². The zero-order valence-corrected chi connectivity index (χ0v) is 19.3. The summed E-state index contributed by atoms with van der Waals surface area (Å²) in [5, 5.41) is 21.2. The summed E-state index contributed by atoms with van der Waals surface area (Å²) < 4.78 is 1.73. The van der Waals surface area contributed by atoms with Gasteiger partial charge in [-0.2, -0.15) is 5.10 Å². The van der Waals surface area contributed by atoms with E-state index in [0.717, 1.165) is 27.6 Å². The number of nitrogens with zero attached hydrogens (tertiary/aromatic N) is 6. The Labute approximate surface area is 194 Å². The molecule has 9 nitrogen and oxygen atoms in total. The zero-order chi connectivity index (χ0) is 23.2. The molecule has 3 aromatic heterocycles. The second kappa shape index (κ2) is 8.05. The summed E-state index contributed by atoms with van der Waals surface area (Å²) in [6.45, 7) is 2.45. The maximum atomic E-state index is 12.5. The summed E-state index contributed by atoms with van der Waals surface area (Å²) in [6.07, 6.45) is 3.94. The first kappa shape index (κ1) is 21.2. The molecular weight excluding hydrogens is 438 g/mol. The third-order valence-corrected chi connectivity index (χ3v) is 6.67. The van der Waals surface area contributed by atoms with Crippen LogP contribution in [-0.2, 0) is 17.4 Å². The minimum absolute atomic E-state index is 0.274. The lowest BCUT2D eigenvalue weighted by molar-refractivity contribution is -0.143. The molecule has 5 rings (SSSR count). The Bertz CT molecular complexity index is 1350. The number of rotatable bonds is 5. The van der Waals surface area contributed by atoms with Crippen molar-refractivity contribution >= 4 is 28.9 Å². The molecule has 0 aliphatic carbocycles. The summed E-state index contributed by atoms with van der Waals surface area (Å²) in [7, 11) is 3.57. The molecule has 0 radical (unpaired) electrons. The smallest absolute Gasteiger partial charge is 0.258 e. The monoisotopic (exact) mass is 461 g/mol. The van der Waals surface area contributed by atoms with Gasteiger partial charge in [-0.25, -0.2) is 15.0 Å². The van der Waals surface area contributed by atoms with Gasteiger partial charge in [-0.15, -0.1) is 11.3 Å². The van der Waals surface area contributed by atoms with Crippen molar-refractivity contribution in [2.24, 2.45) is 7.05 Å². The summed E-state index contributed by atoms with van der Waals surface area (Å²) >= 11 is 1.48. The van der Waals surface area contributed by atoms with Crippen LogP contribution in [0.15, 0.2) is 48.1 Å². The van der Waals surface area contributed by atoms with E-state index in [1.165, 1.54) is 11.3 Å². The summed E-state index contributed by atoms with van der Waals surface area (Å²) in [5.41, 5.74) is 3.07. The van der Waals surface area contributed by atoms with Crippen molar-refractivity contribution in [2.75, 3.05) is 18.9 Å². The molecule has 1 aromatic carbocycles. The standard InChI is InChI=1S/C23H23N7O2S/c1-14-18(12-30(3)28-14)27-22-24-9-7-17(26-22)19-13-33-20(25-19)15-5-4-6-16(11-15)23(32)8-10-29(2)21(23)31/h4-7,9,11-13,32H,8,10H2,1-3H3,(H,24,26,27). The Morgan fingerprint density at radius 3 is 2.76 bits per heavy atom. The van der Waals surface area contributed by atoms with Crippen LogP contribution in [0.5, 0.6) is 0 Å². The Kier molecular flexibility index (Phi) is 5.18. The van der Waals surface area contributed by atoms with E-state index < -0.39 is 5.60 Å². The predicted molar refractivity (Wildman–Crippen MR) is 126 cm³/mol. The fourth-order valence-corrected chi connectivity index (χ4v) is 4.77. The zero-order valence-electron chi connectivity index (χ0n) is 18.5. The molecule has 1 aliphatic heterocycles. The Balaban J connectivity index is 1.41. The van der Waals surface area contributed by atoms with Crippen molar-refractivity contribution in [3.8, 4) is 22.0 Å². The van der Waals surface area contributed by atoms with Gasteiger partial charge >= 0.3 is 0 Å². The molecule has 1 aliphatic rings. The van der Waals surface area contributed by atoms with Gasteiger partial charge in [-0.3, -0.25) is 9.48 Å². The van der Waals surface area contributed by atoms with Crippen LogP contribution in [0.25, 0.3) is 22.0 Å². The van der Waals surface area contributed by atoms with Crippen molar-refractivity contribution < 1.29 is 9.90 Å². The highest BCUT2D eigenvalue weighted by molar-refractivity contribution is 7.13. The highest BCUT2D eigenvalue weighted by atomic mass is 32.1. The third kappa shape index (κ3) is 3.87.